The molecule has 1 aromatic carbocycles. The van der Waals surface area contributed by atoms with Crippen LogP contribution in [0.5, 0.6) is 0 Å². The van der Waals surface area contributed by atoms with Crippen molar-refractivity contribution >= 4 is 5.82 Å². The van der Waals surface area contributed by atoms with E-state index in [0.29, 0.717) is 11.6 Å². The van der Waals surface area contributed by atoms with Gasteiger partial charge in [0, 0.05) is 5.56 Å². The Kier molecular flexibility index (Phi) is 2.90. The van der Waals surface area contributed by atoms with Crippen LogP contribution in [0.25, 0.3) is 17.1 Å². The van der Waals surface area contributed by atoms with Crippen LogP contribution in [-0.4, -0.2) is 24.7 Å². The Balaban J connectivity index is 2.16. The minimum atomic E-state index is 0.324. The molecular weight excluding hydrogens is 252 g/mol. The summed E-state index contributed by atoms with van der Waals surface area (Å²) in [4.78, 5) is 12.7. The van der Waals surface area contributed by atoms with E-state index in [2.05, 4.69) is 38.2 Å². The quantitative estimate of drug-likeness (QED) is 0.766. The highest BCUT2D eigenvalue weighted by atomic mass is 15.4. The van der Waals surface area contributed by atoms with Gasteiger partial charge in [0.05, 0.1) is 11.9 Å². The van der Waals surface area contributed by atoms with Crippen molar-refractivity contribution in [2.24, 2.45) is 0 Å². The van der Waals surface area contributed by atoms with Crippen LogP contribution in [0.3, 0.4) is 0 Å². The third-order valence-corrected chi connectivity index (χ3v) is 3.09. The van der Waals surface area contributed by atoms with Crippen molar-refractivity contribution in [3.63, 3.8) is 0 Å². The number of aromatic nitrogens is 5. The lowest BCUT2D eigenvalue weighted by atomic mass is 10.0. The Labute approximate surface area is 116 Å². The molecule has 2 heterocycles. The molecule has 2 aromatic heterocycles. The lowest BCUT2D eigenvalue weighted by molar-refractivity contribution is 0.842. The van der Waals surface area contributed by atoms with Crippen LogP contribution >= 0.6 is 0 Å². The minimum absolute atomic E-state index is 0.324. The van der Waals surface area contributed by atoms with Gasteiger partial charge in [-0.3, -0.25) is 0 Å². The summed E-state index contributed by atoms with van der Waals surface area (Å²) < 4.78 is 1.51. The molecular formula is C14H14N6. The van der Waals surface area contributed by atoms with Crippen molar-refractivity contribution < 1.29 is 0 Å². The number of nitrogens with two attached hydrogens (primary N) is 1. The molecule has 0 aliphatic carbocycles. The Morgan fingerprint density at radius 3 is 2.80 bits per heavy atom. The van der Waals surface area contributed by atoms with Crippen LogP contribution in [0, 0.1) is 13.8 Å². The van der Waals surface area contributed by atoms with Crippen LogP contribution in [-0.2, 0) is 0 Å². The lowest BCUT2D eigenvalue weighted by Crippen LogP contribution is -2.06. The number of nitrogens with zero attached hydrogens (tertiary/aromatic N) is 5. The maximum absolute atomic E-state index is 5.86. The van der Waals surface area contributed by atoms with Crippen molar-refractivity contribution in [1.29, 1.82) is 0 Å². The fourth-order valence-corrected chi connectivity index (χ4v) is 2.02. The minimum Gasteiger partial charge on any atom is -0.381 e. The Bertz CT molecular complexity index is 748. The highest BCUT2D eigenvalue weighted by Crippen LogP contribution is 2.24. The third-order valence-electron chi connectivity index (χ3n) is 3.09. The van der Waals surface area contributed by atoms with E-state index in [1.54, 1.807) is 12.5 Å². The van der Waals surface area contributed by atoms with Gasteiger partial charge in [-0.25, -0.2) is 15.0 Å². The Morgan fingerprint density at radius 2 is 2.05 bits per heavy atom. The molecule has 0 atom stereocenters. The molecule has 20 heavy (non-hydrogen) atoms. The number of hydrogen-bond donors (Lipinski definition) is 1. The molecule has 6 heteroatoms. The molecule has 0 fully saturated rings. The molecule has 100 valence electrons. The number of nitrogen functional groups attached to an aromatic ring is 1. The SMILES string of the molecule is Cc1ccc(C)c(-c2cnc(N)c(-n3cncn3)n2)c1. The fourth-order valence-electron chi connectivity index (χ4n) is 2.02. The van der Waals surface area contributed by atoms with Crippen molar-refractivity contribution in [2.45, 2.75) is 13.8 Å². The summed E-state index contributed by atoms with van der Waals surface area (Å²) in [7, 11) is 0. The Hall–Kier alpha value is -2.76. The molecule has 0 saturated heterocycles. The first-order valence-corrected chi connectivity index (χ1v) is 6.20. The molecule has 0 radical (unpaired) electrons. The van der Waals surface area contributed by atoms with Gasteiger partial charge in [-0.1, -0.05) is 17.7 Å². The molecule has 0 aliphatic rings. The van der Waals surface area contributed by atoms with E-state index in [9.17, 15) is 0 Å². The summed E-state index contributed by atoms with van der Waals surface area (Å²) in [5, 5.41) is 4.05. The number of aryl methyl sites for hydroxylation is 2. The van der Waals surface area contributed by atoms with E-state index in [4.69, 9.17) is 5.73 Å². The summed E-state index contributed by atoms with van der Waals surface area (Å²) in [6.45, 7) is 4.09. The number of benzene rings is 1. The van der Waals surface area contributed by atoms with E-state index < -0.39 is 0 Å². The van der Waals surface area contributed by atoms with Crippen LogP contribution < -0.4 is 5.73 Å². The zero-order chi connectivity index (χ0) is 14.1. The van der Waals surface area contributed by atoms with Crippen molar-refractivity contribution in [2.75, 3.05) is 5.73 Å². The van der Waals surface area contributed by atoms with Gasteiger partial charge in [0.1, 0.15) is 12.7 Å². The summed E-state index contributed by atoms with van der Waals surface area (Å²) in [6, 6.07) is 6.22. The van der Waals surface area contributed by atoms with E-state index in [0.717, 1.165) is 16.8 Å². The molecule has 3 rings (SSSR count). The summed E-state index contributed by atoms with van der Waals surface area (Å²) >= 11 is 0. The second kappa shape index (κ2) is 4.73. The zero-order valence-electron chi connectivity index (χ0n) is 11.3. The molecule has 3 aromatic rings. The summed E-state index contributed by atoms with van der Waals surface area (Å²) in [5.41, 5.74) is 9.99. The van der Waals surface area contributed by atoms with Gasteiger partial charge in [-0.2, -0.15) is 9.78 Å². The fraction of sp³-hybridized carbons (Fsp3) is 0.143. The number of rotatable bonds is 2. The molecule has 0 saturated carbocycles. The second-order valence-corrected chi connectivity index (χ2v) is 4.62. The highest BCUT2D eigenvalue weighted by molar-refractivity contribution is 5.66. The highest BCUT2D eigenvalue weighted by Gasteiger charge is 2.10. The number of anilines is 1. The molecule has 2 N–H and O–H groups in total. The first-order chi connectivity index (χ1) is 9.65. The van der Waals surface area contributed by atoms with Crippen LogP contribution in [0.4, 0.5) is 5.82 Å². The number of hydrogen-bond acceptors (Lipinski definition) is 5. The maximum Gasteiger partial charge on any atom is 0.198 e. The first-order valence-electron chi connectivity index (χ1n) is 6.20. The average Bonchev–Trinajstić information content (AvgIpc) is 2.96. The van der Waals surface area contributed by atoms with Crippen molar-refractivity contribution in [1.82, 2.24) is 24.7 Å². The average molecular weight is 266 g/mol. The van der Waals surface area contributed by atoms with Gasteiger partial charge in [0.25, 0.3) is 0 Å². The topological polar surface area (TPSA) is 82.5 Å². The largest absolute Gasteiger partial charge is 0.381 e. The first kappa shape index (κ1) is 12.3. The van der Waals surface area contributed by atoms with Gasteiger partial charge < -0.3 is 5.73 Å². The van der Waals surface area contributed by atoms with Crippen LogP contribution in [0.1, 0.15) is 11.1 Å². The second-order valence-electron chi connectivity index (χ2n) is 4.62. The predicted octanol–water partition coefficient (Wildman–Crippen LogP) is 1.92. The molecule has 0 unspecified atom stereocenters. The van der Waals surface area contributed by atoms with Gasteiger partial charge in [-0.15, -0.1) is 0 Å². The van der Waals surface area contributed by atoms with Gasteiger partial charge in [-0.05, 0) is 25.5 Å². The standard InChI is InChI=1S/C14H14N6/c1-9-3-4-10(2)11(5-9)12-6-17-13(15)14(19-12)20-8-16-7-18-20/h3-8H,1-2H3,(H2,15,17). The monoisotopic (exact) mass is 266 g/mol. The normalized spacial score (nSPS) is 10.7. The smallest absolute Gasteiger partial charge is 0.198 e. The lowest BCUT2D eigenvalue weighted by Gasteiger charge is -2.09. The van der Waals surface area contributed by atoms with Crippen molar-refractivity contribution in [3.8, 4) is 17.1 Å². The third kappa shape index (κ3) is 2.11. The van der Waals surface area contributed by atoms with Crippen LogP contribution in [0.2, 0.25) is 0 Å². The molecule has 0 amide bonds. The molecule has 0 bridgehead atoms. The summed E-state index contributed by atoms with van der Waals surface area (Å²) in [5.74, 6) is 0.811. The zero-order valence-corrected chi connectivity index (χ0v) is 11.3. The van der Waals surface area contributed by atoms with E-state index in [1.165, 1.54) is 16.6 Å². The Morgan fingerprint density at radius 1 is 1.20 bits per heavy atom. The van der Waals surface area contributed by atoms with Gasteiger partial charge in [0.15, 0.2) is 11.6 Å². The van der Waals surface area contributed by atoms with E-state index in [-0.39, 0.29) is 0 Å². The van der Waals surface area contributed by atoms with E-state index >= 15 is 0 Å². The van der Waals surface area contributed by atoms with E-state index in [1.807, 2.05) is 13.8 Å². The molecule has 0 aliphatic heterocycles. The molecule has 0 spiro atoms. The molecule has 6 nitrogen and oxygen atoms in total. The summed E-state index contributed by atoms with van der Waals surface area (Å²) in [6.07, 6.45) is 4.66. The van der Waals surface area contributed by atoms with Crippen LogP contribution in [0.15, 0.2) is 37.1 Å². The van der Waals surface area contributed by atoms with Crippen molar-refractivity contribution in [3.05, 3.63) is 48.2 Å². The van der Waals surface area contributed by atoms with Gasteiger partial charge in [0.2, 0.25) is 0 Å². The maximum atomic E-state index is 5.86. The van der Waals surface area contributed by atoms with Gasteiger partial charge >= 0.3 is 0 Å². The predicted molar refractivity (Wildman–Crippen MR) is 76.3 cm³/mol.